The molecule has 7 heteroatoms. The van der Waals surface area contributed by atoms with Gasteiger partial charge >= 0.3 is 6.18 Å². The summed E-state index contributed by atoms with van der Waals surface area (Å²) >= 11 is 0. The Labute approximate surface area is 80.9 Å². The Kier molecular flexibility index (Phi) is 3.10. The molecule has 1 aliphatic rings. The van der Waals surface area contributed by atoms with Crippen molar-refractivity contribution in [3.63, 3.8) is 0 Å². The van der Waals surface area contributed by atoms with E-state index in [1.54, 1.807) is 0 Å². The minimum atomic E-state index is -4.29. The summed E-state index contributed by atoms with van der Waals surface area (Å²) in [5.41, 5.74) is 0. The van der Waals surface area contributed by atoms with Crippen molar-refractivity contribution in [3.05, 3.63) is 0 Å². The van der Waals surface area contributed by atoms with E-state index in [-0.39, 0.29) is 19.4 Å². The van der Waals surface area contributed by atoms with Gasteiger partial charge in [-0.1, -0.05) is 0 Å². The van der Waals surface area contributed by atoms with E-state index in [0.29, 0.717) is 0 Å². The molecule has 0 spiro atoms. The second kappa shape index (κ2) is 3.69. The average Bonchev–Trinajstić information content (AvgIpc) is 2.01. The zero-order valence-electron chi connectivity index (χ0n) is 7.71. The van der Waals surface area contributed by atoms with Gasteiger partial charge in [0, 0.05) is 13.1 Å². The maximum atomic E-state index is 12.3. The molecule has 1 unspecified atom stereocenters. The van der Waals surface area contributed by atoms with E-state index in [1.165, 1.54) is 0 Å². The zero-order chi connectivity index (χ0) is 11.0. The van der Waals surface area contributed by atoms with E-state index in [1.807, 2.05) is 0 Å². The first-order chi connectivity index (χ1) is 6.21. The molecule has 0 aromatic carbocycles. The molecule has 0 radical (unpaired) electrons. The predicted molar refractivity (Wildman–Crippen MR) is 45.2 cm³/mol. The zero-order valence-corrected chi connectivity index (χ0v) is 8.53. The molecule has 0 amide bonds. The number of rotatable bonds is 1. The quantitative estimate of drug-likeness (QED) is 0.680. The van der Waals surface area contributed by atoms with Gasteiger partial charge < -0.3 is 0 Å². The summed E-state index contributed by atoms with van der Waals surface area (Å²) in [6.07, 6.45) is -3.05. The second-order valence-electron chi connectivity index (χ2n) is 3.50. The Morgan fingerprint density at radius 1 is 1.36 bits per heavy atom. The predicted octanol–water partition coefficient (Wildman–Crippen LogP) is 1.22. The maximum absolute atomic E-state index is 12.3. The lowest BCUT2D eigenvalue weighted by Gasteiger charge is -2.31. The van der Waals surface area contributed by atoms with Crippen molar-refractivity contribution in [2.75, 3.05) is 19.3 Å². The van der Waals surface area contributed by atoms with Gasteiger partial charge in [-0.2, -0.15) is 13.2 Å². The smallest absolute Gasteiger partial charge is 0.213 e. The molecule has 0 aromatic rings. The van der Waals surface area contributed by atoms with Crippen LogP contribution in [0, 0.1) is 5.92 Å². The molecule has 0 aliphatic carbocycles. The van der Waals surface area contributed by atoms with Gasteiger partial charge in [0.05, 0.1) is 12.2 Å². The molecule has 0 N–H and O–H groups in total. The first-order valence-electron chi connectivity index (χ1n) is 4.23. The highest BCUT2D eigenvalue weighted by Gasteiger charge is 2.43. The fraction of sp³-hybridized carbons (Fsp3) is 1.00. The number of nitrogens with zero attached hydrogens (tertiary/aromatic N) is 1. The highest BCUT2D eigenvalue weighted by molar-refractivity contribution is 7.88. The van der Waals surface area contributed by atoms with Crippen LogP contribution in [0.5, 0.6) is 0 Å². The average molecular weight is 231 g/mol. The van der Waals surface area contributed by atoms with Crippen LogP contribution in [0.3, 0.4) is 0 Å². The fourth-order valence-corrected chi connectivity index (χ4v) is 2.42. The Balaban J connectivity index is 2.71. The van der Waals surface area contributed by atoms with Crippen molar-refractivity contribution in [1.29, 1.82) is 0 Å². The lowest BCUT2D eigenvalue weighted by Crippen LogP contribution is -2.44. The molecule has 1 atom stereocenters. The van der Waals surface area contributed by atoms with Gasteiger partial charge in [0.1, 0.15) is 0 Å². The lowest BCUT2D eigenvalue weighted by molar-refractivity contribution is -0.182. The van der Waals surface area contributed by atoms with Gasteiger partial charge in [0.25, 0.3) is 0 Å². The molecular formula is C7H12F3NO2S. The second-order valence-corrected chi connectivity index (χ2v) is 5.48. The molecule has 0 aromatic heterocycles. The van der Waals surface area contributed by atoms with E-state index < -0.39 is 28.7 Å². The molecule has 1 saturated heterocycles. The third-order valence-corrected chi connectivity index (χ3v) is 3.59. The van der Waals surface area contributed by atoms with Crippen LogP contribution in [0.25, 0.3) is 0 Å². The van der Waals surface area contributed by atoms with Gasteiger partial charge in [0.15, 0.2) is 0 Å². The SMILES string of the molecule is CS(=O)(=O)N1CCCC(C(F)(F)F)C1. The van der Waals surface area contributed by atoms with Gasteiger partial charge in [-0.05, 0) is 12.8 Å². The number of halogens is 3. The minimum absolute atomic E-state index is 0.0233. The normalized spacial score (nSPS) is 26.4. The highest BCUT2D eigenvalue weighted by Crippen LogP contribution is 2.33. The maximum Gasteiger partial charge on any atom is 0.393 e. The number of hydrogen-bond donors (Lipinski definition) is 0. The van der Waals surface area contributed by atoms with E-state index >= 15 is 0 Å². The molecule has 3 nitrogen and oxygen atoms in total. The van der Waals surface area contributed by atoms with E-state index in [0.717, 1.165) is 10.6 Å². The van der Waals surface area contributed by atoms with Crippen LogP contribution in [-0.2, 0) is 10.0 Å². The Morgan fingerprint density at radius 2 is 1.93 bits per heavy atom. The Hall–Kier alpha value is -0.300. The van der Waals surface area contributed by atoms with Gasteiger partial charge in [-0.15, -0.1) is 0 Å². The van der Waals surface area contributed by atoms with Crippen LogP contribution in [0.2, 0.25) is 0 Å². The van der Waals surface area contributed by atoms with Gasteiger partial charge in [0.2, 0.25) is 10.0 Å². The third-order valence-electron chi connectivity index (χ3n) is 2.32. The first-order valence-corrected chi connectivity index (χ1v) is 6.08. The van der Waals surface area contributed by atoms with Crippen molar-refractivity contribution in [1.82, 2.24) is 4.31 Å². The van der Waals surface area contributed by atoms with Crippen molar-refractivity contribution >= 4 is 10.0 Å². The first kappa shape index (κ1) is 11.8. The van der Waals surface area contributed by atoms with Crippen LogP contribution in [0.1, 0.15) is 12.8 Å². The highest BCUT2D eigenvalue weighted by atomic mass is 32.2. The topological polar surface area (TPSA) is 37.4 Å². The van der Waals surface area contributed by atoms with Crippen molar-refractivity contribution in [3.8, 4) is 0 Å². The van der Waals surface area contributed by atoms with Crippen molar-refractivity contribution < 1.29 is 21.6 Å². The lowest BCUT2D eigenvalue weighted by atomic mass is 9.99. The molecule has 14 heavy (non-hydrogen) atoms. The fourth-order valence-electron chi connectivity index (χ4n) is 1.51. The molecule has 1 aliphatic heterocycles. The number of piperidine rings is 1. The van der Waals surface area contributed by atoms with Gasteiger partial charge in [-0.3, -0.25) is 0 Å². The van der Waals surface area contributed by atoms with Crippen LogP contribution in [0.4, 0.5) is 13.2 Å². The summed E-state index contributed by atoms with van der Waals surface area (Å²) in [6, 6.07) is 0. The summed E-state index contributed by atoms with van der Waals surface area (Å²) in [7, 11) is -3.49. The Bertz CT molecular complexity index is 299. The van der Waals surface area contributed by atoms with Crippen LogP contribution >= 0.6 is 0 Å². The molecule has 1 heterocycles. The van der Waals surface area contributed by atoms with E-state index in [4.69, 9.17) is 0 Å². The van der Waals surface area contributed by atoms with Gasteiger partial charge in [-0.25, -0.2) is 12.7 Å². The molecule has 1 fully saturated rings. The Morgan fingerprint density at radius 3 is 2.36 bits per heavy atom. The largest absolute Gasteiger partial charge is 0.393 e. The summed E-state index contributed by atoms with van der Waals surface area (Å²) in [5.74, 6) is -1.51. The van der Waals surface area contributed by atoms with Crippen LogP contribution in [0.15, 0.2) is 0 Å². The minimum Gasteiger partial charge on any atom is -0.213 e. The number of hydrogen-bond acceptors (Lipinski definition) is 2. The summed E-state index contributed by atoms with van der Waals surface area (Å²) in [6.45, 7) is -0.228. The molecule has 0 bridgehead atoms. The standard InChI is InChI=1S/C7H12F3NO2S/c1-14(12,13)11-4-2-3-6(5-11)7(8,9)10/h6H,2-5H2,1H3. The van der Waals surface area contributed by atoms with E-state index in [2.05, 4.69) is 0 Å². The third kappa shape index (κ3) is 2.84. The molecule has 84 valence electrons. The van der Waals surface area contributed by atoms with Crippen molar-refractivity contribution in [2.24, 2.45) is 5.92 Å². The van der Waals surface area contributed by atoms with Crippen LogP contribution < -0.4 is 0 Å². The molecule has 1 rings (SSSR count). The molecular weight excluding hydrogens is 219 g/mol. The summed E-state index contributed by atoms with van der Waals surface area (Å²) in [4.78, 5) is 0. The number of alkyl halides is 3. The molecule has 0 saturated carbocycles. The van der Waals surface area contributed by atoms with Crippen LogP contribution in [-0.4, -0.2) is 38.2 Å². The summed E-state index contributed by atoms with van der Waals surface area (Å²) in [5, 5.41) is 0. The summed E-state index contributed by atoms with van der Waals surface area (Å²) < 4.78 is 59.8. The number of sulfonamides is 1. The van der Waals surface area contributed by atoms with Crippen molar-refractivity contribution in [2.45, 2.75) is 19.0 Å². The monoisotopic (exact) mass is 231 g/mol. The van der Waals surface area contributed by atoms with E-state index in [9.17, 15) is 21.6 Å².